The molecule has 0 fully saturated rings. The summed E-state index contributed by atoms with van der Waals surface area (Å²) in [5.74, 6) is -0.955. The lowest BCUT2D eigenvalue weighted by Gasteiger charge is -2.07. The number of hydrogen-bond acceptors (Lipinski definition) is 3. The van der Waals surface area contributed by atoms with Crippen LogP contribution in [0.4, 0.5) is 4.39 Å². The van der Waals surface area contributed by atoms with E-state index in [1.165, 1.54) is 12.1 Å². The predicted molar refractivity (Wildman–Crippen MR) is 62.9 cm³/mol. The van der Waals surface area contributed by atoms with Crippen molar-refractivity contribution in [2.75, 3.05) is 13.2 Å². The zero-order valence-electron chi connectivity index (χ0n) is 8.99. The largest absolute Gasteiger partial charge is 0.396 e. The van der Waals surface area contributed by atoms with E-state index in [1.54, 1.807) is 0 Å². The van der Waals surface area contributed by atoms with E-state index in [2.05, 4.69) is 4.72 Å². The second kappa shape index (κ2) is 6.30. The van der Waals surface area contributed by atoms with Crippen LogP contribution in [0.25, 0.3) is 0 Å². The SMILES string of the molecule is O=S(=O)(NCCCCO)c1cccc(Cl)c1F. The molecular weight excluding hydrogens is 269 g/mol. The highest BCUT2D eigenvalue weighted by molar-refractivity contribution is 7.89. The molecule has 0 saturated heterocycles. The smallest absolute Gasteiger partial charge is 0.243 e. The normalized spacial score (nSPS) is 11.7. The van der Waals surface area contributed by atoms with Gasteiger partial charge in [-0.1, -0.05) is 17.7 Å². The average Bonchev–Trinajstić information content (AvgIpc) is 2.28. The quantitative estimate of drug-likeness (QED) is 0.777. The van der Waals surface area contributed by atoms with Gasteiger partial charge in [0.25, 0.3) is 0 Å². The summed E-state index contributed by atoms with van der Waals surface area (Å²) in [5, 5.41) is 8.31. The number of sulfonamides is 1. The molecule has 0 atom stereocenters. The minimum atomic E-state index is -3.88. The molecule has 0 heterocycles. The number of unbranched alkanes of at least 4 members (excludes halogenated alkanes) is 1. The Morgan fingerprint density at radius 2 is 2.06 bits per heavy atom. The van der Waals surface area contributed by atoms with Gasteiger partial charge in [0.15, 0.2) is 5.82 Å². The molecule has 0 aliphatic rings. The molecule has 0 aromatic heterocycles. The molecule has 0 aliphatic heterocycles. The van der Waals surface area contributed by atoms with Crippen molar-refractivity contribution >= 4 is 21.6 Å². The van der Waals surface area contributed by atoms with Crippen molar-refractivity contribution < 1.29 is 17.9 Å². The standard InChI is InChI=1S/C10H13ClFNO3S/c11-8-4-3-5-9(10(8)12)17(15,16)13-6-1-2-7-14/h3-5,13-14H,1-2,6-7H2. The van der Waals surface area contributed by atoms with Crippen molar-refractivity contribution in [2.45, 2.75) is 17.7 Å². The average molecular weight is 282 g/mol. The number of aliphatic hydroxyl groups is 1. The van der Waals surface area contributed by atoms with Gasteiger partial charge in [-0.2, -0.15) is 0 Å². The summed E-state index contributed by atoms with van der Waals surface area (Å²) in [5.41, 5.74) is 0. The van der Waals surface area contributed by atoms with Gasteiger partial charge in [-0.15, -0.1) is 0 Å². The Morgan fingerprint density at radius 1 is 1.35 bits per heavy atom. The monoisotopic (exact) mass is 281 g/mol. The molecule has 17 heavy (non-hydrogen) atoms. The number of benzene rings is 1. The summed E-state index contributed by atoms with van der Waals surface area (Å²) >= 11 is 5.50. The van der Waals surface area contributed by atoms with Gasteiger partial charge in [0.2, 0.25) is 10.0 Å². The van der Waals surface area contributed by atoms with E-state index < -0.39 is 20.7 Å². The Bertz CT molecular complexity index is 478. The molecule has 0 spiro atoms. The van der Waals surface area contributed by atoms with E-state index in [9.17, 15) is 12.8 Å². The van der Waals surface area contributed by atoms with Crippen LogP contribution in [0.5, 0.6) is 0 Å². The molecule has 96 valence electrons. The number of rotatable bonds is 6. The zero-order chi connectivity index (χ0) is 12.9. The molecule has 1 rings (SSSR count). The molecule has 1 aromatic carbocycles. The summed E-state index contributed by atoms with van der Waals surface area (Å²) in [6, 6.07) is 3.80. The molecule has 0 aliphatic carbocycles. The van der Waals surface area contributed by atoms with E-state index in [0.717, 1.165) is 6.07 Å². The first kappa shape index (κ1) is 14.4. The van der Waals surface area contributed by atoms with Crippen LogP contribution < -0.4 is 4.72 Å². The summed E-state index contributed by atoms with van der Waals surface area (Å²) in [4.78, 5) is -0.464. The molecule has 2 N–H and O–H groups in total. The minimum absolute atomic E-state index is 0.00669. The first-order valence-corrected chi connectivity index (χ1v) is 6.89. The van der Waals surface area contributed by atoms with Crippen molar-refractivity contribution in [3.05, 3.63) is 29.0 Å². The van der Waals surface area contributed by atoms with Gasteiger partial charge in [0.1, 0.15) is 4.90 Å². The Balaban J connectivity index is 2.79. The third-order valence-corrected chi connectivity index (χ3v) is 3.85. The van der Waals surface area contributed by atoms with Gasteiger partial charge in [-0.05, 0) is 25.0 Å². The second-order valence-corrected chi connectivity index (χ2v) is 5.52. The molecule has 0 bridgehead atoms. The maximum absolute atomic E-state index is 13.5. The van der Waals surface area contributed by atoms with Crippen molar-refractivity contribution in [2.24, 2.45) is 0 Å². The molecule has 1 aromatic rings. The number of aliphatic hydroxyl groups excluding tert-OH is 1. The Hall–Kier alpha value is -0.690. The van der Waals surface area contributed by atoms with Gasteiger partial charge in [0.05, 0.1) is 5.02 Å². The van der Waals surface area contributed by atoms with Gasteiger partial charge in [-0.3, -0.25) is 0 Å². The van der Waals surface area contributed by atoms with Gasteiger partial charge in [-0.25, -0.2) is 17.5 Å². The van der Waals surface area contributed by atoms with E-state index in [4.69, 9.17) is 16.7 Å². The minimum Gasteiger partial charge on any atom is -0.396 e. The van der Waals surface area contributed by atoms with Crippen molar-refractivity contribution in [1.29, 1.82) is 0 Å². The number of hydrogen-bond donors (Lipinski definition) is 2. The van der Waals surface area contributed by atoms with Crippen LogP contribution in [0.1, 0.15) is 12.8 Å². The third-order valence-electron chi connectivity index (χ3n) is 2.08. The zero-order valence-corrected chi connectivity index (χ0v) is 10.6. The van der Waals surface area contributed by atoms with Crippen LogP contribution >= 0.6 is 11.6 Å². The number of nitrogens with one attached hydrogen (secondary N) is 1. The fraction of sp³-hybridized carbons (Fsp3) is 0.400. The lowest BCUT2D eigenvalue weighted by molar-refractivity contribution is 0.285. The molecular formula is C10H13ClFNO3S. The highest BCUT2D eigenvalue weighted by Crippen LogP contribution is 2.21. The van der Waals surface area contributed by atoms with Crippen LogP contribution in [0, 0.1) is 5.82 Å². The fourth-order valence-electron chi connectivity index (χ4n) is 1.21. The van der Waals surface area contributed by atoms with E-state index in [0.29, 0.717) is 12.8 Å². The van der Waals surface area contributed by atoms with E-state index in [-0.39, 0.29) is 18.2 Å². The maximum atomic E-state index is 13.5. The van der Waals surface area contributed by atoms with Crippen LogP contribution in [0.2, 0.25) is 5.02 Å². The Kier molecular flexibility index (Phi) is 5.32. The Labute approximate surface area is 104 Å². The molecule has 0 unspecified atom stereocenters. The van der Waals surface area contributed by atoms with E-state index >= 15 is 0 Å². The highest BCUT2D eigenvalue weighted by Gasteiger charge is 2.19. The van der Waals surface area contributed by atoms with Crippen molar-refractivity contribution in [3.63, 3.8) is 0 Å². The maximum Gasteiger partial charge on any atom is 0.243 e. The second-order valence-electron chi connectivity index (χ2n) is 3.38. The van der Waals surface area contributed by atoms with Gasteiger partial charge in [0, 0.05) is 13.2 Å². The van der Waals surface area contributed by atoms with Crippen LogP contribution in [0.15, 0.2) is 23.1 Å². The highest BCUT2D eigenvalue weighted by atomic mass is 35.5. The topological polar surface area (TPSA) is 66.4 Å². The molecule has 0 saturated carbocycles. The summed E-state index contributed by atoms with van der Waals surface area (Å²) in [7, 11) is -3.88. The van der Waals surface area contributed by atoms with E-state index in [1.807, 2.05) is 0 Å². The number of halogens is 2. The first-order chi connectivity index (χ1) is 7.99. The van der Waals surface area contributed by atoms with Crippen LogP contribution in [-0.2, 0) is 10.0 Å². The molecule has 0 radical (unpaired) electrons. The predicted octanol–water partition coefficient (Wildman–Crippen LogP) is 1.53. The third kappa shape index (κ3) is 3.92. The summed E-state index contributed by atoms with van der Waals surface area (Å²) in [6.45, 7) is 0.141. The molecule has 7 heteroatoms. The fourth-order valence-corrected chi connectivity index (χ4v) is 2.62. The summed E-state index contributed by atoms with van der Waals surface area (Å²) in [6.07, 6.45) is 0.971. The summed E-state index contributed by atoms with van der Waals surface area (Å²) < 4.78 is 39.1. The van der Waals surface area contributed by atoms with Gasteiger partial charge >= 0.3 is 0 Å². The van der Waals surface area contributed by atoms with Crippen LogP contribution in [-0.4, -0.2) is 26.7 Å². The Morgan fingerprint density at radius 3 is 2.71 bits per heavy atom. The van der Waals surface area contributed by atoms with Crippen molar-refractivity contribution in [3.8, 4) is 0 Å². The van der Waals surface area contributed by atoms with Gasteiger partial charge < -0.3 is 5.11 Å². The lowest BCUT2D eigenvalue weighted by atomic mass is 10.3. The van der Waals surface area contributed by atoms with Crippen molar-refractivity contribution in [1.82, 2.24) is 4.72 Å². The molecule has 0 amide bonds. The molecule has 4 nitrogen and oxygen atoms in total. The first-order valence-electron chi connectivity index (χ1n) is 5.03. The lowest BCUT2D eigenvalue weighted by Crippen LogP contribution is -2.25. The van der Waals surface area contributed by atoms with Crippen LogP contribution in [0.3, 0.4) is 0 Å².